The van der Waals surface area contributed by atoms with Gasteiger partial charge in [-0.1, -0.05) is 0 Å². The van der Waals surface area contributed by atoms with Crippen LogP contribution in [0.25, 0.3) is 0 Å². The van der Waals surface area contributed by atoms with Crippen LogP contribution in [-0.2, 0) is 6.54 Å². The molecule has 4 nitrogen and oxygen atoms in total. The van der Waals surface area contributed by atoms with Crippen molar-refractivity contribution in [1.82, 2.24) is 4.90 Å². The quantitative estimate of drug-likeness (QED) is 0.837. The second-order valence-corrected chi connectivity index (χ2v) is 5.54. The number of rotatable bonds is 5. The van der Waals surface area contributed by atoms with Crippen LogP contribution in [0, 0.1) is 5.92 Å². The third kappa shape index (κ3) is 3.58. The predicted octanol–water partition coefficient (Wildman–Crippen LogP) is 2.10. The molecule has 2 rings (SSSR count). The lowest BCUT2D eigenvalue weighted by molar-refractivity contribution is 0.0692. The molecule has 0 aromatic heterocycles. The largest absolute Gasteiger partial charge is 0.496 e. The molecule has 1 aromatic rings. The molecule has 1 fully saturated rings. The Morgan fingerprint density at radius 3 is 2.70 bits per heavy atom. The summed E-state index contributed by atoms with van der Waals surface area (Å²) in [4.78, 5) is 13.2. The van der Waals surface area contributed by atoms with E-state index in [1.807, 2.05) is 19.1 Å². The van der Waals surface area contributed by atoms with Gasteiger partial charge in [-0.05, 0) is 57.0 Å². The number of methoxy groups -OCH3 is 1. The van der Waals surface area contributed by atoms with Gasteiger partial charge in [0.25, 0.3) is 0 Å². The number of carbonyl (C=O) groups is 1. The molecule has 1 N–H and O–H groups in total. The van der Waals surface area contributed by atoms with E-state index >= 15 is 0 Å². The van der Waals surface area contributed by atoms with E-state index in [1.54, 1.807) is 13.2 Å². The Kier molecular flexibility index (Phi) is 5.15. The summed E-state index contributed by atoms with van der Waals surface area (Å²) in [5, 5.41) is 9.63. The van der Waals surface area contributed by atoms with E-state index in [0.29, 0.717) is 11.5 Å². The molecule has 1 aliphatic rings. The van der Waals surface area contributed by atoms with Crippen LogP contribution in [0.5, 0.6) is 5.75 Å². The fourth-order valence-electron chi connectivity index (χ4n) is 2.83. The molecule has 1 saturated heterocycles. The van der Waals surface area contributed by atoms with Gasteiger partial charge in [-0.2, -0.15) is 0 Å². The fraction of sp³-hybridized carbons (Fsp3) is 0.562. The molecule has 0 bridgehead atoms. The van der Waals surface area contributed by atoms with Gasteiger partial charge in [0.2, 0.25) is 0 Å². The predicted molar refractivity (Wildman–Crippen MR) is 78.1 cm³/mol. The molecular weight excluding hydrogens is 254 g/mol. The van der Waals surface area contributed by atoms with Crippen molar-refractivity contribution in [2.24, 2.45) is 5.92 Å². The smallest absolute Gasteiger partial charge is 0.150 e. The van der Waals surface area contributed by atoms with Crippen molar-refractivity contribution in [3.8, 4) is 5.75 Å². The zero-order valence-electron chi connectivity index (χ0n) is 12.2. The van der Waals surface area contributed by atoms with Gasteiger partial charge >= 0.3 is 0 Å². The Labute approximate surface area is 120 Å². The van der Waals surface area contributed by atoms with Crippen LogP contribution in [0.4, 0.5) is 0 Å². The molecule has 0 spiro atoms. The van der Waals surface area contributed by atoms with Gasteiger partial charge in [0.1, 0.15) is 12.0 Å². The average molecular weight is 277 g/mol. The maximum atomic E-state index is 10.9. The minimum atomic E-state index is -0.218. The maximum absolute atomic E-state index is 10.9. The van der Waals surface area contributed by atoms with E-state index in [2.05, 4.69) is 4.90 Å². The summed E-state index contributed by atoms with van der Waals surface area (Å²) in [6.07, 6.45) is 2.69. The second-order valence-electron chi connectivity index (χ2n) is 5.54. The van der Waals surface area contributed by atoms with Gasteiger partial charge in [-0.3, -0.25) is 9.69 Å². The first-order valence-corrected chi connectivity index (χ1v) is 7.16. The van der Waals surface area contributed by atoms with Crippen molar-refractivity contribution in [2.45, 2.75) is 32.4 Å². The lowest BCUT2D eigenvalue weighted by Gasteiger charge is -2.33. The van der Waals surface area contributed by atoms with Crippen LogP contribution in [0.15, 0.2) is 18.2 Å². The van der Waals surface area contributed by atoms with Crippen molar-refractivity contribution in [2.75, 3.05) is 20.2 Å². The zero-order chi connectivity index (χ0) is 14.5. The summed E-state index contributed by atoms with van der Waals surface area (Å²) in [7, 11) is 1.65. The number of piperidine rings is 1. The Hall–Kier alpha value is -1.39. The summed E-state index contributed by atoms with van der Waals surface area (Å²) in [6, 6.07) is 5.52. The number of nitrogens with zero attached hydrogens (tertiary/aromatic N) is 1. The molecule has 1 atom stereocenters. The molecule has 110 valence electrons. The maximum Gasteiger partial charge on any atom is 0.150 e. The second kappa shape index (κ2) is 6.86. The lowest BCUT2D eigenvalue weighted by atomic mass is 9.92. The molecule has 0 aliphatic carbocycles. The Balaban J connectivity index is 2.01. The highest BCUT2D eigenvalue weighted by Crippen LogP contribution is 2.25. The van der Waals surface area contributed by atoms with E-state index in [1.165, 1.54) is 0 Å². The topological polar surface area (TPSA) is 49.8 Å². The number of hydrogen-bond donors (Lipinski definition) is 1. The zero-order valence-corrected chi connectivity index (χ0v) is 12.2. The molecule has 0 amide bonds. The highest BCUT2D eigenvalue weighted by molar-refractivity contribution is 5.75. The van der Waals surface area contributed by atoms with Gasteiger partial charge in [0.15, 0.2) is 0 Å². The average Bonchev–Trinajstić information content (AvgIpc) is 2.47. The van der Waals surface area contributed by atoms with Crippen molar-refractivity contribution >= 4 is 6.29 Å². The summed E-state index contributed by atoms with van der Waals surface area (Å²) in [6.45, 7) is 4.61. The first-order valence-electron chi connectivity index (χ1n) is 7.16. The van der Waals surface area contributed by atoms with Crippen LogP contribution in [0.2, 0.25) is 0 Å². The van der Waals surface area contributed by atoms with Crippen molar-refractivity contribution in [3.05, 3.63) is 29.3 Å². The van der Waals surface area contributed by atoms with Crippen LogP contribution in [0.3, 0.4) is 0 Å². The molecule has 4 heteroatoms. The van der Waals surface area contributed by atoms with Crippen molar-refractivity contribution in [1.29, 1.82) is 0 Å². The Morgan fingerprint density at radius 1 is 1.45 bits per heavy atom. The van der Waals surface area contributed by atoms with E-state index in [9.17, 15) is 9.90 Å². The highest BCUT2D eigenvalue weighted by Gasteiger charge is 2.23. The lowest BCUT2D eigenvalue weighted by Crippen LogP contribution is -2.36. The van der Waals surface area contributed by atoms with E-state index in [-0.39, 0.29) is 6.10 Å². The number of carbonyl (C=O) groups excluding carboxylic acids is 1. The molecule has 0 saturated carbocycles. The number of likely N-dealkylation sites (tertiary alicyclic amines) is 1. The minimum Gasteiger partial charge on any atom is -0.496 e. The number of ether oxygens (including phenoxy) is 1. The minimum absolute atomic E-state index is 0.218. The summed E-state index contributed by atoms with van der Waals surface area (Å²) >= 11 is 0. The Morgan fingerprint density at radius 2 is 2.15 bits per heavy atom. The number of aldehydes is 1. The van der Waals surface area contributed by atoms with Gasteiger partial charge in [-0.25, -0.2) is 0 Å². The molecular formula is C16H23NO3. The standard InChI is InChI=1S/C16H23NO3/c1-12(19)14-5-7-17(8-6-14)10-15-9-13(11-18)3-4-16(15)20-2/h3-4,9,11-12,14,19H,5-8,10H2,1-2H3. The highest BCUT2D eigenvalue weighted by atomic mass is 16.5. The van der Waals surface area contributed by atoms with Crippen molar-refractivity contribution in [3.63, 3.8) is 0 Å². The van der Waals surface area contributed by atoms with Crippen LogP contribution >= 0.6 is 0 Å². The first-order chi connectivity index (χ1) is 9.63. The van der Waals surface area contributed by atoms with E-state index < -0.39 is 0 Å². The number of aliphatic hydroxyl groups excluding tert-OH is 1. The first kappa shape index (κ1) is 15.0. The van der Waals surface area contributed by atoms with Gasteiger partial charge in [0, 0.05) is 17.7 Å². The third-order valence-corrected chi connectivity index (χ3v) is 4.15. The van der Waals surface area contributed by atoms with Crippen LogP contribution < -0.4 is 4.74 Å². The Bertz CT molecular complexity index is 451. The number of benzene rings is 1. The summed E-state index contributed by atoms with van der Waals surface area (Å²) in [5.41, 5.74) is 1.73. The molecule has 1 heterocycles. The van der Waals surface area contributed by atoms with E-state index in [0.717, 1.165) is 50.1 Å². The van der Waals surface area contributed by atoms with Gasteiger partial charge < -0.3 is 9.84 Å². The van der Waals surface area contributed by atoms with Crippen LogP contribution in [-0.4, -0.2) is 42.6 Å². The van der Waals surface area contributed by atoms with Crippen LogP contribution in [0.1, 0.15) is 35.7 Å². The van der Waals surface area contributed by atoms with Crippen molar-refractivity contribution < 1.29 is 14.6 Å². The molecule has 1 aliphatic heterocycles. The van der Waals surface area contributed by atoms with E-state index in [4.69, 9.17) is 4.74 Å². The summed E-state index contributed by atoms with van der Waals surface area (Å²) < 4.78 is 5.36. The third-order valence-electron chi connectivity index (χ3n) is 4.15. The number of hydrogen-bond acceptors (Lipinski definition) is 4. The van der Waals surface area contributed by atoms with Gasteiger partial charge in [-0.15, -0.1) is 0 Å². The number of aliphatic hydroxyl groups is 1. The monoisotopic (exact) mass is 277 g/mol. The fourth-order valence-corrected chi connectivity index (χ4v) is 2.83. The molecule has 20 heavy (non-hydrogen) atoms. The normalized spacial score (nSPS) is 18.8. The molecule has 0 radical (unpaired) electrons. The SMILES string of the molecule is COc1ccc(C=O)cc1CN1CCC(C(C)O)CC1. The molecule has 1 aromatic carbocycles. The van der Waals surface area contributed by atoms with Gasteiger partial charge in [0.05, 0.1) is 13.2 Å². The molecule has 1 unspecified atom stereocenters. The summed E-state index contributed by atoms with van der Waals surface area (Å²) in [5.74, 6) is 1.24.